The average Bonchev–Trinajstić information content (AvgIpc) is 3.22. The third-order valence-corrected chi connectivity index (χ3v) is 5.70. The molecule has 0 spiro atoms. The Morgan fingerprint density at radius 2 is 1.41 bits per heavy atom. The van der Waals surface area contributed by atoms with E-state index in [1.807, 2.05) is 59.5 Å². The molecule has 0 aliphatic carbocycles. The largest absolute Gasteiger partial charge is 0.457 e. The maximum absolute atomic E-state index is 13.6. The van der Waals surface area contributed by atoms with Crippen LogP contribution < -0.4 is 4.74 Å². The molecule has 1 amide bonds. The van der Waals surface area contributed by atoms with Crippen molar-refractivity contribution in [1.29, 1.82) is 0 Å². The summed E-state index contributed by atoms with van der Waals surface area (Å²) in [4.78, 5) is 15.6. The molecule has 2 aliphatic heterocycles. The molecule has 0 saturated carbocycles. The molecule has 3 heteroatoms. The number of carbonyl (C=O) groups is 1. The van der Waals surface area contributed by atoms with Crippen LogP contribution in [0.4, 0.5) is 0 Å². The molecular formula is C24H21NO2. The summed E-state index contributed by atoms with van der Waals surface area (Å²) >= 11 is 0. The molecule has 0 bridgehead atoms. The smallest absolute Gasteiger partial charge is 0.234 e. The molecule has 0 radical (unpaired) electrons. The van der Waals surface area contributed by atoms with Crippen molar-refractivity contribution in [3.8, 4) is 11.5 Å². The highest BCUT2D eigenvalue weighted by Gasteiger charge is 2.37. The van der Waals surface area contributed by atoms with E-state index in [0.29, 0.717) is 5.92 Å². The van der Waals surface area contributed by atoms with Crippen molar-refractivity contribution in [3.05, 3.63) is 95.6 Å². The van der Waals surface area contributed by atoms with E-state index in [1.165, 1.54) is 5.56 Å². The Hall–Kier alpha value is -3.07. The summed E-state index contributed by atoms with van der Waals surface area (Å²) < 4.78 is 6.04. The highest BCUT2D eigenvalue weighted by Crippen LogP contribution is 2.45. The van der Waals surface area contributed by atoms with E-state index in [-0.39, 0.29) is 11.8 Å². The molecule has 3 aromatic carbocycles. The number of nitrogens with zero attached hydrogens (tertiary/aromatic N) is 1. The zero-order valence-electron chi connectivity index (χ0n) is 15.0. The van der Waals surface area contributed by atoms with Gasteiger partial charge in [-0.15, -0.1) is 0 Å². The molecular weight excluding hydrogens is 334 g/mol. The van der Waals surface area contributed by atoms with Gasteiger partial charge in [-0.2, -0.15) is 0 Å². The van der Waals surface area contributed by atoms with Gasteiger partial charge in [-0.3, -0.25) is 4.79 Å². The van der Waals surface area contributed by atoms with Crippen LogP contribution in [-0.4, -0.2) is 23.9 Å². The first-order valence-corrected chi connectivity index (χ1v) is 9.51. The number of amides is 1. The van der Waals surface area contributed by atoms with Gasteiger partial charge in [-0.1, -0.05) is 66.7 Å². The quantitative estimate of drug-likeness (QED) is 0.652. The second-order valence-corrected chi connectivity index (χ2v) is 7.29. The average molecular weight is 355 g/mol. The number of rotatable bonds is 2. The normalized spacial score (nSPS) is 18.5. The number of hydrogen-bond donors (Lipinski definition) is 0. The van der Waals surface area contributed by atoms with Crippen LogP contribution in [-0.2, 0) is 4.79 Å². The van der Waals surface area contributed by atoms with E-state index in [1.54, 1.807) is 0 Å². The summed E-state index contributed by atoms with van der Waals surface area (Å²) in [6.07, 6.45) is 1.02. The van der Waals surface area contributed by atoms with Gasteiger partial charge in [-0.05, 0) is 24.1 Å². The van der Waals surface area contributed by atoms with Gasteiger partial charge in [0, 0.05) is 30.1 Å². The highest BCUT2D eigenvalue weighted by atomic mass is 16.5. The van der Waals surface area contributed by atoms with E-state index in [0.717, 1.165) is 42.1 Å². The first-order valence-electron chi connectivity index (χ1n) is 9.51. The lowest BCUT2D eigenvalue weighted by molar-refractivity contribution is -0.131. The molecule has 5 rings (SSSR count). The minimum Gasteiger partial charge on any atom is -0.457 e. The molecule has 134 valence electrons. The van der Waals surface area contributed by atoms with Crippen molar-refractivity contribution in [2.75, 3.05) is 13.1 Å². The summed E-state index contributed by atoms with van der Waals surface area (Å²) in [5, 5.41) is 0. The van der Waals surface area contributed by atoms with E-state index in [2.05, 4.69) is 24.3 Å². The summed E-state index contributed by atoms with van der Waals surface area (Å²) in [5.74, 6) is 1.87. The third-order valence-electron chi connectivity index (χ3n) is 5.70. The lowest BCUT2D eigenvalue weighted by atomic mass is 9.87. The van der Waals surface area contributed by atoms with Crippen molar-refractivity contribution in [1.82, 2.24) is 4.90 Å². The van der Waals surface area contributed by atoms with Crippen LogP contribution in [0.25, 0.3) is 0 Å². The zero-order chi connectivity index (χ0) is 18.2. The molecule has 1 fully saturated rings. The van der Waals surface area contributed by atoms with Gasteiger partial charge < -0.3 is 9.64 Å². The minimum absolute atomic E-state index is 0.177. The van der Waals surface area contributed by atoms with Crippen molar-refractivity contribution in [3.63, 3.8) is 0 Å². The topological polar surface area (TPSA) is 29.5 Å². The van der Waals surface area contributed by atoms with Gasteiger partial charge in [0.1, 0.15) is 11.5 Å². The fourth-order valence-electron chi connectivity index (χ4n) is 4.32. The number of likely N-dealkylation sites (tertiary alicyclic amines) is 1. The van der Waals surface area contributed by atoms with Gasteiger partial charge in [-0.25, -0.2) is 0 Å². The van der Waals surface area contributed by atoms with Crippen LogP contribution in [0.2, 0.25) is 0 Å². The van der Waals surface area contributed by atoms with Crippen molar-refractivity contribution < 1.29 is 9.53 Å². The summed E-state index contributed by atoms with van der Waals surface area (Å²) in [6.45, 7) is 1.59. The van der Waals surface area contributed by atoms with Crippen LogP contribution in [0.5, 0.6) is 11.5 Å². The van der Waals surface area contributed by atoms with Crippen LogP contribution >= 0.6 is 0 Å². The third kappa shape index (κ3) is 2.80. The minimum atomic E-state index is -0.291. The highest BCUT2D eigenvalue weighted by molar-refractivity contribution is 5.90. The number of para-hydroxylation sites is 2. The summed E-state index contributed by atoms with van der Waals surface area (Å²) in [7, 11) is 0. The molecule has 1 atom stereocenters. The standard InChI is InChI=1S/C24H21NO2/c26-24(25-15-14-18(16-25)17-8-2-1-3-9-17)23-19-10-4-6-12-21(19)27-22-13-7-5-11-20(22)23/h1-13,18,23H,14-16H2/t18-/m1/s1. The second kappa shape index (κ2) is 6.58. The Labute approximate surface area is 159 Å². The zero-order valence-corrected chi connectivity index (χ0v) is 15.0. The maximum Gasteiger partial charge on any atom is 0.234 e. The Morgan fingerprint density at radius 3 is 2.07 bits per heavy atom. The number of hydrogen-bond acceptors (Lipinski definition) is 2. The van der Waals surface area contributed by atoms with Crippen LogP contribution in [0, 0.1) is 0 Å². The second-order valence-electron chi connectivity index (χ2n) is 7.29. The van der Waals surface area contributed by atoms with E-state index in [9.17, 15) is 4.79 Å². The van der Waals surface area contributed by atoms with Crippen LogP contribution in [0.3, 0.4) is 0 Å². The van der Waals surface area contributed by atoms with Crippen LogP contribution in [0.1, 0.15) is 34.9 Å². The van der Waals surface area contributed by atoms with Crippen molar-refractivity contribution in [2.24, 2.45) is 0 Å². The van der Waals surface area contributed by atoms with Gasteiger partial charge >= 0.3 is 0 Å². The van der Waals surface area contributed by atoms with Gasteiger partial charge in [0.05, 0.1) is 5.92 Å². The fraction of sp³-hybridized carbons (Fsp3) is 0.208. The van der Waals surface area contributed by atoms with Gasteiger partial charge in [0.15, 0.2) is 0 Å². The number of benzene rings is 3. The predicted octanol–water partition coefficient (Wildman–Crippen LogP) is 4.94. The molecule has 3 nitrogen and oxygen atoms in total. The first kappa shape index (κ1) is 16.1. The lowest BCUT2D eigenvalue weighted by Gasteiger charge is -2.30. The molecule has 0 unspecified atom stereocenters. The Bertz CT molecular complexity index is 937. The molecule has 27 heavy (non-hydrogen) atoms. The van der Waals surface area contributed by atoms with Gasteiger partial charge in [0.25, 0.3) is 0 Å². The lowest BCUT2D eigenvalue weighted by Crippen LogP contribution is -2.34. The Kier molecular flexibility index (Phi) is 3.93. The van der Waals surface area contributed by atoms with E-state index >= 15 is 0 Å². The van der Waals surface area contributed by atoms with Crippen molar-refractivity contribution >= 4 is 5.91 Å². The molecule has 0 aromatic heterocycles. The molecule has 1 saturated heterocycles. The van der Waals surface area contributed by atoms with Gasteiger partial charge in [0.2, 0.25) is 5.91 Å². The molecule has 0 N–H and O–H groups in total. The molecule has 2 aliphatic rings. The SMILES string of the molecule is O=C(C1c2ccccc2Oc2ccccc21)N1CC[C@@H](c2ccccc2)C1. The van der Waals surface area contributed by atoms with Crippen molar-refractivity contribution in [2.45, 2.75) is 18.3 Å². The number of ether oxygens (including phenoxy) is 1. The number of fused-ring (bicyclic) bond motifs is 2. The molecule has 3 aromatic rings. The number of carbonyl (C=O) groups excluding carboxylic acids is 1. The Morgan fingerprint density at radius 1 is 0.815 bits per heavy atom. The fourth-order valence-corrected chi connectivity index (χ4v) is 4.32. The predicted molar refractivity (Wildman–Crippen MR) is 105 cm³/mol. The van der Waals surface area contributed by atoms with E-state index in [4.69, 9.17) is 4.74 Å². The summed E-state index contributed by atoms with van der Waals surface area (Å²) in [5.41, 5.74) is 3.24. The monoisotopic (exact) mass is 355 g/mol. The summed E-state index contributed by atoms with van der Waals surface area (Å²) in [6, 6.07) is 26.3. The van der Waals surface area contributed by atoms with Crippen LogP contribution in [0.15, 0.2) is 78.9 Å². The molecule has 2 heterocycles. The Balaban J connectivity index is 1.47. The van der Waals surface area contributed by atoms with E-state index < -0.39 is 0 Å². The first-order chi connectivity index (χ1) is 13.3. The maximum atomic E-state index is 13.6.